The van der Waals surface area contributed by atoms with E-state index in [1.165, 1.54) is 0 Å². The van der Waals surface area contributed by atoms with Crippen molar-refractivity contribution < 1.29 is 9.90 Å². The number of thiophene rings is 1. The van der Waals surface area contributed by atoms with E-state index in [1.807, 2.05) is 6.92 Å². The normalized spacial score (nSPS) is 10.7. The van der Waals surface area contributed by atoms with Gasteiger partial charge in [-0.15, -0.1) is 11.3 Å². The number of nitrogen functional groups attached to an aromatic ring is 1. The molecule has 0 aliphatic heterocycles. The number of carboxylic acids is 1. The number of hydrogen-bond acceptors (Lipinski definition) is 3. The summed E-state index contributed by atoms with van der Waals surface area (Å²) in [6.45, 7) is 1.93. The summed E-state index contributed by atoms with van der Waals surface area (Å²) in [7, 11) is 0. The van der Waals surface area contributed by atoms with Gasteiger partial charge in [0.2, 0.25) is 0 Å². The average Bonchev–Trinajstić information content (AvgIpc) is 2.65. The zero-order valence-electron chi connectivity index (χ0n) is 10.0. The van der Waals surface area contributed by atoms with Crippen molar-refractivity contribution in [3.63, 3.8) is 0 Å². The van der Waals surface area contributed by atoms with Crippen LogP contribution in [0.25, 0.3) is 10.4 Å². The molecule has 0 spiro atoms. The molecule has 0 amide bonds. The van der Waals surface area contributed by atoms with Crippen molar-refractivity contribution in [2.75, 3.05) is 5.73 Å². The molecule has 3 N–H and O–H groups in total. The first-order chi connectivity index (χ1) is 8.93. The van der Waals surface area contributed by atoms with E-state index < -0.39 is 5.97 Å². The quantitative estimate of drug-likeness (QED) is 0.872. The van der Waals surface area contributed by atoms with E-state index in [2.05, 4.69) is 0 Å². The van der Waals surface area contributed by atoms with Crippen LogP contribution in [0.4, 0.5) is 5.69 Å². The lowest BCUT2D eigenvalue weighted by atomic mass is 10.1. The predicted octanol–water partition coefficient (Wildman–Crippen LogP) is 4.56. The van der Waals surface area contributed by atoms with Crippen molar-refractivity contribution in [1.29, 1.82) is 0 Å². The summed E-state index contributed by atoms with van der Waals surface area (Å²) in [4.78, 5) is 12.1. The highest BCUT2D eigenvalue weighted by Gasteiger charge is 2.20. The van der Waals surface area contributed by atoms with Crippen molar-refractivity contribution in [3.05, 3.63) is 38.7 Å². The maximum absolute atomic E-state index is 11.1. The minimum Gasteiger partial charge on any atom is -0.477 e. The second kappa shape index (κ2) is 5.41. The number of nitrogens with two attached hydrogens (primary N) is 1. The third-order valence-corrected chi connectivity index (χ3v) is 4.44. The van der Waals surface area contributed by atoms with Crippen LogP contribution in [0.2, 0.25) is 10.0 Å². The van der Waals surface area contributed by atoms with E-state index in [1.54, 1.807) is 18.2 Å². The minimum atomic E-state index is -1.02. The second-order valence-corrected chi connectivity index (χ2v) is 5.86. The van der Waals surface area contributed by atoms with E-state index in [-0.39, 0.29) is 4.88 Å². The Kier molecular flexibility index (Phi) is 4.04. The first kappa shape index (κ1) is 14.2. The Labute approximate surface area is 124 Å². The molecule has 0 fully saturated rings. The molecule has 2 aromatic rings. The van der Waals surface area contributed by atoms with Crippen molar-refractivity contribution in [3.8, 4) is 10.4 Å². The topological polar surface area (TPSA) is 63.3 Å². The maximum atomic E-state index is 11.1. The number of halogens is 2. The lowest BCUT2D eigenvalue weighted by Crippen LogP contribution is -1.99. The number of hydrogen-bond donors (Lipinski definition) is 2. The number of anilines is 1. The Balaban J connectivity index is 2.67. The van der Waals surface area contributed by atoms with Crippen LogP contribution in [-0.2, 0) is 6.42 Å². The van der Waals surface area contributed by atoms with E-state index >= 15 is 0 Å². The third kappa shape index (κ3) is 2.71. The van der Waals surface area contributed by atoms with Crippen LogP contribution >= 0.6 is 34.5 Å². The van der Waals surface area contributed by atoms with Crippen LogP contribution in [0.5, 0.6) is 0 Å². The van der Waals surface area contributed by atoms with Crippen LogP contribution < -0.4 is 5.73 Å². The van der Waals surface area contributed by atoms with Gasteiger partial charge in [0.25, 0.3) is 0 Å². The molecule has 0 saturated carbocycles. The van der Waals surface area contributed by atoms with Crippen LogP contribution in [0.1, 0.15) is 22.2 Å². The first-order valence-corrected chi connectivity index (χ1v) is 7.12. The lowest BCUT2D eigenvalue weighted by molar-refractivity contribution is 0.0703. The molecular formula is C13H11Cl2NO2S. The molecule has 1 aromatic heterocycles. The van der Waals surface area contributed by atoms with Gasteiger partial charge >= 0.3 is 5.97 Å². The fourth-order valence-electron chi connectivity index (χ4n) is 1.91. The van der Waals surface area contributed by atoms with Gasteiger partial charge in [0.15, 0.2) is 0 Å². The highest BCUT2D eigenvalue weighted by atomic mass is 35.5. The molecule has 0 saturated heterocycles. The molecule has 0 aliphatic carbocycles. The van der Waals surface area contributed by atoms with Gasteiger partial charge in [-0.3, -0.25) is 0 Å². The van der Waals surface area contributed by atoms with Gasteiger partial charge in [-0.25, -0.2) is 4.79 Å². The Bertz CT molecular complexity index is 632. The van der Waals surface area contributed by atoms with Crippen molar-refractivity contribution >= 4 is 46.2 Å². The molecule has 0 bridgehead atoms. The standard InChI is InChI=1S/C13H11Cl2NO2S/c1-2-9-10(16)12(13(17)18)19-11(9)6-3-7(14)5-8(15)4-6/h3-5H,2,16H2,1H3,(H,17,18). The monoisotopic (exact) mass is 315 g/mol. The SMILES string of the molecule is CCc1c(-c2cc(Cl)cc(Cl)c2)sc(C(=O)O)c1N. The Morgan fingerprint density at radius 3 is 2.37 bits per heavy atom. The Hall–Kier alpha value is -1.23. The lowest BCUT2D eigenvalue weighted by Gasteiger charge is -2.04. The summed E-state index contributed by atoms with van der Waals surface area (Å²) in [5, 5.41) is 10.1. The molecule has 0 aliphatic rings. The van der Waals surface area contributed by atoms with E-state index in [0.717, 1.165) is 27.3 Å². The smallest absolute Gasteiger partial charge is 0.348 e. The van der Waals surface area contributed by atoms with Gasteiger partial charge in [0.05, 0.1) is 5.69 Å². The molecule has 0 atom stereocenters. The summed E-state index contributed by atoms with van der Waals surface area (Å²) in [5.41, 5.74) is 7.83. The Morgan fingerprint density at radius 1 is 1.32 bits per heavy atom. The zero-order chi connectivity index (χ0) is 14.2. The van der Waals surface area contributed by atoms with E-state index in [9.17, 15) is 4.79 Å². The highest BCUT2D eigenvalue weighted by Crippen LogP contribution is 2.40. The van der Waals surface area contributed by atoms with Crippen molar-refractivity contribution in [2.24, 2.45) is 0 Å². The Morgan fingerprint density at radius 2 is 1.89 bits per heavy atom. The maximum Gasteiger partial charge on any atom is 0.348 e. The number of benzene rings is 1. The molecule has 3 nitrogen and oxygen atoms in total. The van der Waals surface area contributed by atoms with Gasteiger partial charge in [-0.1, -0.05) is 30.1 Å². The van der Waals surface area contributed by atoms with E-state index in [0.29, 0.717) is 22.2 Å². The molecule has 1 heterocycles. The fourth-order valence-corrected chi connectivity index (χ4v) is 3.57. The van der Waals surface area contributed by atoms with Crippen LogP contribution in [-0.4, -0.2) is 11.1 Å². The van der Waals surface area contributed by atoms with Gasteiger partial charge in [-0.05, 0) is 35.7 Å². The fraction of sp³-hybridized carbons (Fsp3) is 0.154. The van der Waals surface area contributed by atoms with Gasteiger partial charge in [0, 0.05) is 14.9 Å². The van der Waals surface area contributed by atoms with E-state index in [4.69, 9.17) is 34.0 Å². The summed E-state index contributed by atoms with van der Waals surface area (Å²) < 4.78 is 0. The van der Waals surface area contributed by atoms with Gasteiger partial charge in [-0.2, -0.15) is 0 Å². The van der Waals surface area contributed by atoms with Crippen LogP contribution in [0.15, 0.2) is 18.2 Å². The molecular weight excluding hydrogens is 305 g/mol. The average molecular weight is 316 g/mol. The number of carbonyl (C=O) groups is 1. The molecule has 0 unspecified atom stereocenters. The zero-order valence-corrected chi connectivity index (χ0v) is 12.4. The largest absolute Gasteiger partial charge is 0.477 e. The molecule has 2 rings (SSSR count). The number of aromatic carboxylic acids is 1. The molecule has 6 heteroatoms. The van der Waals surface area contributed by atoms with Crippen molar-refractivity contribution in [1.82, 2.24) is 0 Å². The summed E-state index contributed by atoms with van der Waals surface area (Å²) >= 11 is 13.1. The first-order valence-electron chi connectivity index (χ1n) is 5.55. The highest BCUT2D eigenvalue weighted by molar-refractivity contribution is 7.18. The minimum absolute atomic E-state index is 0.156. The summed E-state index contributed by atoms with van der Waals surface area (Å²) in [5.74, 6) is -1.02. The van der Waals surface area contributed by atoms with Gasteiger partial charge in [0.1, 0.15) is 4.88 Å². The van der Waals surface area contributed by atoms with Crippen LogP contribution in [0, 0.1) is 0 Å². The summed E-state index contributed by atoms with van der Waals surface area (Å²) in [6.07, 6.45) is 0.648. The molecule has 1 aromatic carbocycles. The van der Waals surface area contributed by atoms with Crippen LogP contribution in [0.3, 0.4) is 0 Å². The predicted molar refractivity (Wildman–Crippen MR) is 80.5 cm³/mol. The van der Waals surface area contributed by atoms with Crippen molar-refractivity contribution in [2.45, 2.75) is 13.3 Å². The third-order valence-electron chi connectivity index (χ3n) is 2.72. The molecule has 0 radical (unpaired) electrons. The summed E-state index contributed by atoms with van der Waals surface area (Å²) in [6, 6.07) is 5.14. The molecule has 19 heavy (non-hydrogen) atoms. The molecule has 100 valence electrons. The second-order valence-electron chi connectivity index (χ2n) is 3.97. The number of carboxylic acid groups (broad SMARTS) is 1. The number of rotatable bonds is 3. The van der Waals surface area contributed by atoms with Gasteiger partial charge < -0.3 is 10.8 Å².